The smallest absolute Gasteiger partial charge is 0.385 e. The minimum absolute atomic E-state index is 0.00658. The predicted octanol–water partition coefficient (Wildman–Crippen LogP) is 6.20. The number of aliphatic hydroxyl groups is 1. The van der Waals surface area contributed by atoms with Crippen molar-refractivity contribution in [3.8, 4) is 0 Å². The first-order valence-corrected chi connectivity index (χ1v) is 11.5. The van der Waals surface area contributed by atoms with Crippen LogP contribution < -0.4 is 0 Å². The molecule has 0 aliphatic heterocycles. The molecule has 1 aromatic carbocycles. The van der Waals surface area contributed by atoms with Gasteiger partial charge in [0, 0.05) is 24.6 Å². The van der Waals surface area contributed by atoms with E-state index in [0.717, 1.165) is 43.0 Å². The molecule has 4 rings (SSSR count). The number of hydrogen-bond donors (Lipinski definition) is 1. The molecule has 0 amide bonds. The molecule has 1 saturated carbocycles. The summed E-state index contributed by atoms with van der Waals surface area (Å²) in [7, 11) is 0. The van der Waals surface area contributed by atoms with Crippen LogP contribution in [0.25, 0.3) is 5.52 Å². The summed E-state index contributed by atoms with van der Waals surface area (Å²) in [5.74, 6) is 0.247. The SMILES string of the molecule is C[C@](O)(CC(=O)CCCCc1nn2ccc(C(F)(F)F)cc2c1C1CCC1)c1ccccc1. The second kappa shape index (κ2) is 9.29. The Hall–Kier alpha value is -2.67. The van der Waals surface area contributed by atoms with Crippen LogP contribution in [0.2, 0.25) is 0 Å². The monoisotopic (exact) mass is 458 g/mol. The molecule has 176 valence electrons. The fourth-order valence-electron chi connectivity index (χ4n) is 4.60. The quantitative estimate of drug-likeness (QED) is 0.389. The average molecular weight is 459 g/mol. The number of rotatable bonds is 9. The Bertz CT molecular complexity index is 1120. The molecule has 1 fully saturated rings. The van der Waals surface area contributed by atoms with Gasteiger partial charge in [-0.2, -0.15) is 18.3 Å². The molecule has 0 radical (unpaired) electrons. The molecular formula is C26H29F3N2O2. The van der Waals surface area contributed by atoms with E-state index in [1.807, 2.05) is 30.3 Å². The largest absolute Gasteiger partial charge is 0.416 e. The molecule has 4 nitrogen and oxygen atoms in total. The van der Waals surface area contributed by atoms with Gasteiger partial charge < -0.3 is 5.11 Å². The number of benzene rings is 1. The first-order valence-electron chi connectivity index (χ1n) is 11.5. The molecule has 0 saturated heterocycles. The standard InChI is InChI=1S/C26H29F3N2O2/c1-25(33,19-10-3-2-4-11-19)17-21(32)12-5-6-13-22-24(18-8-7-9-18)23-16-20(26(27,28)29)14-15-31(23)30-22/h2-4,10-11,14-16,18,33H,5-9,12-13,17H2,1H3/t25-/m0/s1. The average Bonchev–Trinajstić information content (AvgIpc) is 3.07. The number of halogens is 3. The molecule has 1 N–H and O–H groups in total. The normalized spacial score (nSPS) is 16.5. The first kappa shape index (κ1) is 23.5. The Morgan fingerprint density at radius 2 is 1.85 bits per heavy atom. The van der Waals surface area contributed by atoms with E-state index in [-0.39, 0.29) is 18.1 Å². The Kier molecular flexibility index (Phi) is 6.61. The van der Waals surface area contributed by atoms with E-state index in [0.29, 0.717) is 30.3 Å². The lowest BCUT2D eigenvalue weighted by molar-refractivity contribution is -0.137. The number of ketones is 1. The van der Waals surface area contributed by atoms with Crippen molar-refractivity contribution in [1.82, 2.24) is 9.61 Å². The Labute approximate surface area is 191 Å². The highest BCUT2D eigenvalue weighted by Gasteiger charge is 2.33. The predicted molar refractivity (Wildman–Crippen MR) is 120 cm³/mol. The van der Waals surface area contributed by atoms with E-state index in [2.05, 4.69) is 5.10 Å². The number of carbonyl (C=O) groups excluding carboxylic acids is 1. The van der Waals surface area contributed by atoms with Crippen LogP contribution >= 0.6 is 0 Å². The van der Waals surface area contributed by atoms with Crippen LogP contribution in [0.5, 0.6) is 0 Å². The highest BCUT2D eigenvalue weighted by Crippen LogP contribution is 2.41. The van der Waals surface area contributed by atoms with Crippen LogP contribution in [0.4, 0.5) is 13.2 Å². The number of hydrogen-bond acceptors (Lipinski definition) is 3. The highest BCUT2D eigenvalue weighted by atomic mass is 19.4. The molecule has 0 unspecified atom stereocenters. The van der Waals surface area contributed by atoms with E-state index >= 15 is 0 Å². The highest BCUT2D eigenvalue weighted by molar-refractivity contribution is 5.79. The molecule has 33 heavy (non-hydrogen) atoms. The number of Topliss-reactive ketones (excluding diaryl/α,β-unsaturated/α-hetero) is 1. The Morgan fingerprint density at radius 3 is 2.48 bits per heavy atom. The van der Waals surface area contributed by atoms with Gasteiger partial charge in [-0.15, -0.1) is 0 Å². The van der Waals surface area contributed by atoms with Crippen molar-refractivity contribution in [3.05, 3.63) is 71.0 Å². The molecule has 2 heterocycles. The fourth-order valence-corrected chi connectivity index (χ4v) is 4.60. The molecule has 1 aliphatic carbocycles. The Balaban J connectivity index is 1.39. The van der Waals surface area contributed by atoms with Crippen molar-refractivity contribution in [1.29, 1.82) is 0 Å². The third-order valence-corrected chi connectivity index (χ3v) is 6.65. The zero-order valence-corrected chi connectivity index (χ0v) is 18.7. The minimum Gasteiger partial charge on any atom is -0.385 e. The van der Waals surface area contributed by atoms with E-state index in [9.17, 15) is 23.1 Å². The van der Waals surface area contributed by atoms with E-state index in [4.69, 9.17) is 0 Å². The van der Waals surface area contributed by atoms with Gasteiger partial charge in [0.2, 0.25) is 0 Å². The molecular weight excluding hydrogens is 429 g/mol. The van der Waals surface area contributed by atoms with Crippen LogP contribution in [-0.4, -0.2) is 20.5 Å². The first-order chi connectivity index (χ1) is 15.6. The number of unbranched alkanes of at least 4 members (excludes halogenated alkanes) is 1. The third kappa shape index (κ3) is 5.29. The van der Waals surface area contributed by atoms with Crippen molar-refractivity contribution < 1.29 is 23.1 Å². The van der Waals surface area contributed by atoms with Gasteiger partial charge in [0.25, 0.3) is 0 Å². The van der Waals surface area contributed by atoms with E-state index in [1.165, 1.54) is 12.3 Å². The topological polar surface area (TPSA) is 54.6 Å². The number of alkyl halides is 3. The van der Waals surface area contributed by atoms with Crippen molar-refractivity contribution in [2.75, 3.05) is 0 Å². The van der Waals surface area contributed by atoms with Crippen LogP contribution in [0.15, 0.2) is 48.7 Å². The number of pyridine rings is 1. The van der Waals surface area contributed by atoms with Crippen molar-refractivity contribution in [2.24, 2.45) is 0 Å². The molecule has 3 aromatic rings. The second-order valence-electron chi connectivity index (χ2n) is 9.29. The summed E-state index contributed by atoms with van der Waals surface area (Å²) in [5.41, 5.74) is 1.17. The molecule has 1 aliphatic rings. The maximum Gasteiger partial charge on any atom is 0.416 e. The van der Waals surface area contributed by atoms with Crippen LogP contribution in [0, 0.1) is 0 Å². The molecule has 0 bridgehead atoms. The summed E-state index contributed by atoms with van der Waals surface area (Å²) < 4.78 is 41.2. The lowest BCUT2D eigenvalue weighted by Gasteiger charge is -2.26. The summed E-state index contributed by atoms with van der Waals surface area (Å²) in [6.45, 7) is 1.65. The van der Waals surface area contributed by atoms with Crippen molar-refractivity contribution in [2.45, 2.75) is 76.0 Å². The zero-order chi connectivity index (χ0) is 23.6. The van der Waals surface area contributed by atoms with Gasteiger partial charge in [0.05, 0.1) is 22.4 Å². The number of nitrogens with zero attached hydrogens (tertiary/aromatic N) is 2. The van der Waals surface area contributed by atoms with Crippen LogP contribution in [0.1, 0.15) is 80.2 Å². The summed E-state index contributed by atoms with van der Waals surface area (Å²) in [6.07, 6.45) is 2.42. The molecule has 1 atom stereocenters. The summed E-state index contributed by atoms with van der Waals surface area (Å²) in [6, 6.07) is 11.4. The van der Waals surface area contributed by atoms with Crippen LogP contribution in [0.3, 0.4) is 0 Å². The van der Waals surface area contributed by atoms with Gasteiger partial charge in [0.1, 0.15) is 5.78 Å². The molecule has 7 heteroatoms. The minimum atomic E-state index is -4.38. The van der Waals surface area contributed by atoms with E-state index in [1.54, 1.807) is 11.4 Å². The number of aromatic nitrogens is 2. The van der Waals surface area contributed by atoms with Gasteiger partial charge in [-0.1, -0.05) is 36.8 Å². The van der Waals surface area contributed by atoms with Crippen molar-refractivity contribution >= 4 is 11.3 Å². The maximum absolute atomic E-state index is 13.2. The second-order valence-corrected chi connectivity index (χ2v) is 9.29. The summed E-state index contributed by atoms with van der Waals surface area (Å²) in [5, 5.41) is 15.2. The third-order valence-electron chi connectivity index (χ3n) is 6.65. The lowest BCUT2D eigenvalue weighted by atomic mass is 9.78. The van der Waals surface area contributed by atoms with Gasteiger partial charge in [0.15, 0.2) is 0 Å². The fraction of sp³-hybridized carbons (Fsp3) is 0.462. The van der Waals surface area contributed by atoms with Gasteiger partial charge in [-0.3, -0.25) is 4.79 Å². The maximum atomic E-state index is 13.2. The summed E-state index contributed by atoms with van der Waals surface area (Å²) in [4.78, 5) is 12.5. The summed E-state index contributed by atoms with van der Waals surface area (Å²) >= 11 is 0. The number of aryl methyl sites for hydroxylation is 1. The van der Waals surface area contributed by atoms with Gasteiger partial charge in [-0.05, 0) is 62.6 Å². The lowest BCUT2D eigenvalue weighted by Crippen LogP contribution is -2.25. The van der Waals surface area contributed by atoms with E-state index < -0.39 is 17.3 Å². The molecule has 2 aromatic heterocycles. The zero-order valence-electron chi connectivity index (χ0n) is 18.7. The van der Waals surface area contributed by atoms with Gasteiger partial charge >= 0.3 is 6.18 Å². The Morgan fingerprint density at radius 1 is 1.12 bits per heavy atom. The van der Waals surface area contributed by atoms with Gasteiger partial charge in [-0.25, -0.2) is 4.52 Å². The van der Waals surface area contributed by atoms with Crippen molar-refractivity contribution in [3.63, 3.8) is 0 Å². The molecule has 0 spiro atoms. The number of fused-ring (bicyclic) bond motifs is 1. The number of carbonyl (C=O) groups is 1. The van der Waals surface area contributed by atoms with Crippen LogP contribution in [-0.2, 0) is 23.0 Å².